The van der Waals surface area contributed by atoms with E-state index in [-0.39, 0.29) is 44.1 Å². The SMILES string of the molecule is Fc1c[c-]c(-n2nc3ccc4ccccc4c3n2)cc1.Fc1c[c-]c(-n2nc3ccc4ccccc4c3n2)cc1.[Cl-].[Ir+3]. The monoisotopic (exact) mass is 752 g/mol. The van der Waals surface area contributed by atoms with Crippen LogP contribution in [0.3, 0.4) is 0 Å². The molecule has 8 rings (SSSR count). The van der Waals surface area contributed by atoms with E-state index in [1.165, 1.54) is 33.9 Å². The largest absolute Gasteiger partial charge is 3.00 e. The molecular formula is C32H18ClF2IrN6. The fraction of sp³-hybridized carbons (Fsp3) is 0. The fourth-order valence-corrected chi connectivity index (χ4v) is 4.56. The van der Waals surface area contributed by atoms with E-state index in [2.05, 4.69) is 32.5 Å². The normalized spacial score (nSPS) is 10.7. The molecule has 0 unspecified atom stereocenters. The van der Waals surface area contributed by atoms with Crippen molar-refractivity contribution in [2.75, 3.05) is 0 Å². The van der Waals surface area contributed by atoms with Crippen LogP contribution < -0.4 is 12.4 Å². The molecule has 0 bridgehead atoms. The summed E-state index contributed by atoms with van der Waals surface area (Å²) < 4.78 is 25.9. The maximum absolute atomic E-state index is 12.9. The van der Waals surface area contributed by atoms with Crippen molar-refractivity contribution in [3.8, 4) is 11.4 Å². The molecule has 0 saturated carbocycles. The zero-order valence-corrected chi connectivity index (χ0v) is 24.7. The van der Waals surface area contributed by atoms with Crippen LogP contribution in [0, 0.1) is 23.8 Å². The van der Waals surface area contributed by atoms with Crippen molar-refractivity contribution in [3.63, 3.8) is 0 Å². The number of halogens is 3. The Bertz CT molecular complexity index is 1990. The van der Waals surface area contributed by atoms with Crippen LogP contribution in [0.4, 0.5) is 8.78 Å². The van der Waals surface area contributed by atoms with Crippen molar-refractivity contribution < 1.29 is 41.3 Å². The van der Waals surface area contributed by atoms with Crippen molar-refractivity contribution in [1.82, 2.24) is 30.0 Å². The third-order valence-electron chi connectivity index (χ3n) is 6.50. The molecule has 206 valence electrons. The minimum absolute atomic E-state index is 0. The summed E-state index contributed by atoms with van der Waals surface area (Å²) in [6.45, 7) is 0. The third-order valence-corrected chi connectivity index (χ3v) is 6.50. The van der Waals surface area contributed by atoms with E-state index in [4.69, 9.17) is 0 Å². The summed E-state index contributed by atoms with van der Waals surface area (Å²) in [5.74, 6) is -0.646. The summed E-state index contributed by atoms with van der Waals surface area (Å²) in [5.41, 5.74) is 4.52. The molecule has 0 aliphatic carbocycles. The Kier molecular flexibility index (Phi) is 8.36. The predicted octanol–water partition coefficient (Wildman–Crippen LogP) is 4.03. The van der Waals surface area contributed by atoms with Crippen molar-refractivity contribution >= 4 is 43.6 Å². The molecule has 0 spiro atoms. The molecule has 8 aromatic rings. The first kappa shape index (κ1) is 28.9. The second-order valence-electron chi connectivity index (χ2n) is 9.07. The van der Waals surface area contributed by atoms with Gasteiger partial charge in [-0.3, -0.25) is 8.78 Å². The maximum atomic E-state index is 12.9. The number of nitrogens with zero attached hydrogens (tertiary/aromatic N) is 6. The van der Waals surface area contributed by atoms with Crippen molar-refractivity contribution in [2.24, 2.45) is 0 Å². The molecule has 0 amide bonds. The van der Waals surface area contributed by atoms with E-state index < -0.39 is 0 Å². The second-order valence-corrected chi connectivity index (χ2v) is 9.07. The van der Waals surface area contributed by atoms with Crippen LogP contribution in [0.25, 0.3) is 55.0 Å². The molecule has 10 heteroatoms. The molecule has 0 saturated heterocycles. The van der Waals surface area contributed by atoms with Crippen LogP contribution in [0.1, 0.15) is 0 Å². The standard InChI is InChI=1S/2C16H9FN3.ClH.Ir/c2*17-12-6-8-13(9-7-12)20-18-15-10-5-11-3-1-2-4-14(11)16(15)19-20;;/h2*1-8,10H;1H;/q2*-1;;+3/p-1. The number of aromatic nitrogens is 6. The van der Waals surface area contributed by atoms with Gasteiger partial charge in [0, 0.05) is 22.4 Å². The average Bonchev–Trinajstić information content (AvgIpc) is 3.64. The Morgan fingerprint density at radius 3 is 1.33 bits per heavy atom. The summed E-state index contributed by atoms with van der Waals surface area (Å²) in [6, 6.07) is 38.1. The summed E-state index contributed by atoms with van der Waals surface area (Å²) in [4.78, 5) is 2.97. The maximum Gasteiger partial charge on any atom is 3.00 e. The van der Waals surface area contributed by atoms with Crippen LogP contribution in [-0.4, -0.2) is 30.0 Å². The molecule has 42 heavy (non-hydrogen) atoms. The summed E-state index contributed by atoms with van der Waals surface area (Å²) in [7, 11) is 0. The predicted molar refractivity (Wildman–Crippen MR) is 150 cm³/mol. The molecule has 0 radical (unpaired) electrons. The first-order valence-electron chi connectivity index (χ1n) is 12.5. The van der Waals surface area contributed by atoms with E-state index in [1.807, 2.05) is 72.8 Å². The summed E-state index contributed by atoms with van der Waals surface area (Å²) >= 11 is 0. The van der Waals surface area contributed by atoms with Crippen LogP contribution in [0.15, 0.2) is 109 Å². The first-order valence-corrected chi connectivity index (χ1v) is 12.5. The van der Waals surface area contributed by atoms with Crippen LogP contribution in [0.2, 0.25) is 0 Å². The van der Waals surface area contributed by atoms with E-state index in [1.54, 1.807) is 12.1 Å². The topological polar surface area (TPSA) is 61.4 Å². The minimum atomic E-state index is -0.323. The van der Waals surface area contributed by atoms with Gasteiger partial charge in [0.25, 0.3) is 0 Å². The Hall–Kier alpha value is -4.56. The summed E-state index contributed by atoms with van der Waals surface area (Å²) in [5, 5.41) is 22.2. The zero-order chi connectivity index (χ0) is 27.1. The third kappa shape index (κ3) is 5.50. The van der Waals surface area contributed by atoms with Gasteiger partial charge in [-0.05, 0) is 34.3 Å². The van der Waals surface area contributed by atoms with Crippen LogP contribution in [0.5, 0.6) is 0 Å². The van der Waals surface area contributed by atoms with E-state index >= 15 is 0 Å². The molecule has 0 fully saturated rings. The quantitative estimate of drug-likeness (QED) is 0.251. The zero-order valence-electron chi connectivity index (χ0n) is 21.5. The molecule has 0 aliphatic rings. The number of fused-ring (bicyclic) bond motifs is 6. The van der Waals surface area contributed by atoms with Gasteiger partial charge in [0.05, 0.1) is 0 Å². The van der Waals surface area contributed by atoms with Gasteiger partial charge in [-0.1, -0.05) is 60.7 Å². The Morgan fingerprint density at radius 1 is 0.500 bits per heavy atom. The van der Waals surface area contributed by atoms with Gasteiger partial charge in [0.2, 0.25) is 0 Å². The van der Waals surface area contributed by atoms with Gasteiger partial charge in [0.15, 0.2) is 0 Å². The fourth-order valence-electron chi connectivity index (χ4n) is 4.56. The molecule has 6 nitrogen and oxygen atoms in total. The second kappa shape index (κ2) is 12.1. The number of benzene rings is 6. The Balaban J connectivity index is 0.000000160. The van der Waals surface area contributed by atoms with Crippen molar-refractivity contribution in [3.05, 3.63) is 133 Å². The van der Waals surface area contributed by atoms with E-state index in [0.29, 0.717) is 11.4 Å². The van der Waals surface area contributed by atoms with Gasteiger partial charge in [-0.2, -0.15) is 31.9 Å². The first-order chi connectivity index (χ1) is 19.6. The van der Waals surface area contributed by atoms with Crippen LogP contribution >= 0.6 is 0 Å². The Labute approximate surface area is 258 Å². The van der Waals surface area contributed by atoms with Crippen molar-refractivity contribution in [2.45, 2.75) is 0 Å². The number of rotatable bonds is 2. The number of hydrogen-bond acceptors (Lipinski definition) is 4. The van der Waals surface area contributed by atoms with Gasteiger partial charge < -0.3 is 12.4 Å². The molecule has 2 aromatic heterocycles. The molecule has 2 heterocycles. The van der Waals surface area contributed by atoms with E-state index in [0.717, 1.165) is 43.6 Å². The Morgan fingerprint density at radius 2 is 0.929 bits per heavy atom. The van der Waals surface area contributed by atoms with Gasteiger partial charge in [-0.15, -0.1) is 46.6 Å². The number of hydrogen-bond donors (Lipinski definition) is 0. The smallest absolute Gasteiger partial charge is 1.00 e. The van der Waals surface area contributed by atoms with E-state index in [9.17, 15) is 8.78 Å². The van der Waals surface area contributed by atoms with Crippen LogP contribution in [-0.2, 0) is 20.1 Å². The average molecular weight is 752 g/mol. The molecule has 0 N–H and O–H groups in total. The summed E-state index contributed by atoms with van der Waals surface area (Å²) in [6.07, 6.45) is 0. The molecular weight excluding hydrogens is 734 g/mol. The van der Waals surface area contributed by atoms with Gasteiger partial charge in [0.1, 0.15) is 22.1 Å². The molecule has 0 aliphatic heterocycles. The van der Waals surface area contributed by atoms with Crippen molar-refractivity contribution in [1.29, 1.82) is 0 Å². The molecule has 0 atom stereocenters. The minimum Gasteiger partial charge on any atom is -1.00 e. The molecule has 6 aromatic carbocycles. The van der Waals surface area contributed by atoms with Gasteiger partial charge >= 0.3 is 20.1 Å². The van der Waals surface area contributed by atoms with Gasteiger partial charge in [-0.25, -0.2) is 0 Å².